The van der Waals surface area contributed by atoms with Crippen LogP contribution in [0.1, 0.15) is 28.4 Å². The number of ether oxygens (including phenoxy) is 2. The second-order valence-corrected chi connectivity index (χ2v) is 11.9. The minimum Gasteiger partial charge on any atom is -0.490 e. The summed E-state index contributed by atoms with van der Waals surface area (Å²) in [7, 11) is 0. The van der Waals surface area contributed by atoms with Gasteiger partial charge in [-0.15, -0.1) is 11.3 Å². The molecule has 0 unspecified atom stereocenters. The van der Waals surface area contributed by atoms with E-state index < -0.39 is 0 Å². The number of anilines is 2. The number of hydrogen-bond donors (Lipinski definition) is 2. The van der Waals surface area contributed by atoms with E-state index in [0.717, 1.165) is 41.2 Å². The van der Waals surface area contributed by atoms with Crippen molar-refractivity contribution in [2.45, 2.75) is 13.5 Å². The number of rotatable bonds is 11. The van der Waals surface area contributed by atoms with Crippen LogP contribution < -0.4 is 20.2 Å². The van der Waals surface area contributed by atoms with Crippen LogP contribution in [0.5, 0.6) is 11.5 Å². The van der Waals surface area contributed by atoms with Gasteiger partial charge in [0.15, 0.2) is 16.6 Å². The number of carbonyl (C=O) groups excluding carboxylic acids is 1. The molecule has 1 amide bonds. The number of carbonyl (C=O) groups is 1. The van der Waals surface area contributed by atoms with Gasteiger partial charge in [0.2, 0.25) is 0 Å². The van der Waals surface area contributed by atoms with Crippen molar-refractivity contribution in [3.8, 4) is 22.8 Å². The van der Waals surface area contributed by atoms with E-state index in [1.807, 2.05) is 91.2 Å². The number of aromatic nitrogens is 1. The molecule has 0 radical (unpaired) electrons. The molecule has 0 saturated heterocycles. The van der Waals surface area contributed by atoms with Gasteiger partial charge in [0, 0.05) is 26.7 Å². The zero-order valence-corrected chi connectivity index (χ0v) is 27.1. The van der Waals surface area contributed by atoms with Gasteiger partial charge in [-0.3, -0.25) is 4.79 Å². The second-order valence-electron chi connectivity index (χ2n) is 8.98. The first kappa shape index (κ1) is 29.7. The number of nitrogens with zero attached hydrogens (tertiary/aromatic N) is 2. The average Bonchev–Trinajstić information content (AvgIpc) is 3.47. The van der Waals surface area contributed by atoms with Crippen molar-refractivity contribution in [3.05, 3.63) is 121 Å². The summed E-state index contributed by atoms with van der Waals surface area (Å²) in [6.07, 6.45) is 1.59. The van der Waals surface area contributed by atoms with Crippen molar-refractivity contribution in [1.82, 2.24) is 10.4 Å². The van der Waals surface area contributed by atoms with E-state index >= 15 is 0 Å². The van der Waals surface area contributed by atoms with Crippen molar-refractivity contribution in [1.29, 1.82) is 0 Å². The van der Waals surface area contributed by atoms with E-state index in [-0.39, 0.29) is 5.91 Å². The number of amides is 1. The Morgan fingerprint density at radius 2 is 1.79 bits per heavy atom. The highest BCUT2D eigenvalue weighted by atomic mass is 127. The fourth-order valence-corrected chi connectivity index (χ4v) is 5.72. The molecule has 1 aromatic heterocycles. The first-order valence-corrected chi connectivity index (χ1v) is 15.8. The summed E-state index contributed by atoms with van der Waals surface area (Å²) in [5, 5.41) is 10.3. The largest absolute Gasteiger partial charge is 0.490 e. The van der Waals surface area contributed by atoms with Crippen LogP contribution in [0, 0.1) is 3.57 Å². The van der Waals surface area contributed by atoms with Gasteiger partial charge in [0.05, 0.1) is 22.1 Å². The van der Waals surface area contributed by atoms with Gasteiger partial charge in [-0.25, -0.2) is 10.4 Å². The monoisotopic (exact) mass is 752 g/mol. The van der Waals surface area contributed by atoms with E-state index in [2.05, 4.69) is 59.3 Å². The van der Waals surface area contributed by atoms with Crippen LogP contribution in [0.3, 0.4) is 0 Å². The van der Waals surface area contributed by atoms with Crippen LogP contribution in [0.4, 0.5) is 10.8 Å². The summed E-state index contributed by atoms with van der Waals surface area (Å²) in [6, 6.07) is 28.9. The van der Waals surface area contributed by atoms with Crippen molar-refractivity contribution < 1.29 is 14.3 Å². The molecule has 5 aromatic rings. The molecule has 2 N–H and O–H groups in total. The zero-order chi connectivity index (χ0) is 29.3. The summed E-state index contributed by atoms with van der Waals surface area (Å²) >= 11 is 7.20. The minimum atomic E-state index is -0.309. The lowest BCUT2D eigenvalue weighted by Gasteiger charge is -2.15. The molecule has 0 aliphatic heterocycles. The summed E-state index contributed by atoms with van der Waals surface area (Å²) < 4.78 is 13.8. The van der Waals surface area contributed by atoms with E-state index in [0.29, 0.717) is 30.3 Å². The van der Waals surface area contributed by atoms with Gasteiger partial charge < -0.3 is 14.8 Å². The van der Waals surface area contributed by atoms with Crippen LogP contribution in [-0.4, -0.2) is 23.7 Å². The lowest BCUT2D eigenvalue weighted by Crippen LogP contribution is -2.17. The van der Waals surface area contributed by atoms with Crippen molar-refractivity contribution in [2.24, 2.45) is 5.10 Å². The number of hydrazone groups is 1. The van der Waals surface area contributed by atoms with Gasteiger partial charge in [0.25, 0.3) is 5.91 Å². The number of nitrogens with one attached hydrogen (secondary N) is 2. The number of para-hydroxylation sites is 1. The Kier molecular flexibility index (Phi) is 10.2. The van der Waals surface area contributed by atoms with E-state index in [9.17, 15) is 4.79 Å². The Labute approximate surface area is 270 Å². The Morgan fingerprint density at radius 1 is 1.02 bits per heavy atom. The first-order valence-electron chi connectivity index (χ1n) is 13.0. The smallest absolute Gasteiger partial charge is 0.271 e. The predicted octanol–water partition coefficient (Wildman–Crippen LogP) is 8.66. The molecule has 0 fully saturated rings. The number of benzene rings is 4. The Balaban J connectivity index is 1.20. The van der Waals surface area contributed by atoms with Crippen LogP contribution >= 0.6 is 49.9 Å². The average molecular weight is 753 g/mol. The fraction of sp³-hybridized carbons (Fsp3) is 0.0938. The molecule has 212 valence electrons. The van der Waals surface area contributed by atoms with E-state index in [4.69, 9.17) is 9.47 Å². The number of hydrogen-bond acceptors (Lipinski definition) is 7. The highest BCUT2D eigenvalue weighted by molar-refractivity contribution is 14.1. The van der Waals surface area contributed by atoms with Crippen molar-refractivity contribution in [3.63, 3.8) is 0 Å². The highest BCUT2D eigenvalue weighted by Gasteiger charge is 2.13. The summed E-state index contributed by atoms with van der Waals surface area (Å²) in [5.74, 6) is 0.982. The molecule has 7 nitrogen and oxygen atoms in total. The number of thiazole rings is 1. The molecular formula is C32H26BrIN4O3S. The van der Waals surface area contributed by atoms with E-state index in [1.165, 1.54) is 11.3 Å². The minimum absolute atomic E-state index is 0.309. The van der Waals surface area contributed by atoms with Crippen LogP contribution in [-0.2, 0) is 6.61 Å². The van der Waals surface area contributed by atoms with Crippen molar-refractivity contribution >= 4 is 72.8 Å². The quantitative estimate of drug-likeness (QED) is 0.0802. The SMILES string of the molecule is CCOc1cc(/C=N\NC(=O)c2ccc(-c3csc(Nc4ccccc4)n3)cc2)cc(I)c1OCc1ccc(Br)cc1. The van der Waals surface area contributed by atoms with Crippen LogP contribution in [0.2, 0.25) is 0 Å². The Hall–Kier alpha value is -3.74. The number of halogens is 2. The summed E-state index contributed by atoms with van der Waals surface area (Å²) in [4.78, 5) is 17.4. The lowest BCUT2D eigenvalue weighted by atomic mass is 10.1. The Morgan fingerprint density at radius 3 is 2.52 bits per heavy atom. The van der Waals surface area contributed by atoms with E-state index in [1.54, 1.807) is 18.3 Å². The normalized spacial score (nSPS) is 10.9. The second kappa shape index (κ2) is 14.4. The third-order valence-electron chi connectivity index (χ3n) is 5.98. The molecule has 0 bridgehead atoms. The lowest BCUT2D eigenvalue weighted by molar-refractivity contribution is 0.0955. The zero-order valence-electron chi connectivity index (χ0n) is 22.5. The van der Waals surface area contributed by atoms with Crippen LogP contribution in [0.25, 0.3) is 11.3 Å². The fourth-order valence-electron chi connectivity index (χ4n) is 3.93. The molecule has 0 aliphatic carbocycles. The van der Waals surface area contributed by atoms with Crippen molar-refractivity contribution in [2.75, 3.05) is 11.9 Å². The maximum atomic E-state index is 12.7. The molecule has 10 heteroatoms. The highest BCUT2D eigenvalue weighted by Crippen LogP contribution is 2.34. The maximum absolute atomic E-state index is 12.7. The molecular weight excluding hydrogens is 727 g/mol. The standard InChI is InChI=1S/C32H26BrIN4O3S/c1-2-40-29-17-22(16-27(34)30(29)41-19-21-8-14-25(33)15-9-21)18-35-38-31(39)24-12-10-23(11-13-24)28-20-42-32(37-28)36-26-6-4-3-5-7-26/h3-18,20H,2,19H2,1H3,(H,36,37)(H,38,39)/b35-18-. The van der Waals surface area contributed by atoms with Gasteiger partial charge in [0.1, 0.15) is 6.61 Å². The van der Waals surface area contributed by atoms with Crippen LogP contribution in [0.15, 0.2) is 106 Å². The third-order valence-corrected chi connectivity index (χ3v) is 8.07. The summed E-state index contributed by atoms with van der Waals surface area (Å²) in [5.41, 5.74) is 7.67. The van der Waals surface area contributed by atoms with Gasteiger partial charge >= 0.3 is 0 Å². The summed E-state index contributed by atoms with van der Waals surface area (Å²) in [6.45, 7) is 2.83. The molecule has 4 aromatic carbocycles. The predicted molar refractivity (Wildman–Crippen MR) is 181 cm³/mol. The Bertz CT molecular complexity index is 1680. The third kappa shape index (κ3) is 7.96. The molecule has 0 atom stereocenters. The molecule has 42 heavy (non-hydrogen) atoms. The molecule has 0 saturated carbocycles. The molecule has 5 rings (SSSR count). The van der Waals surface area contributed by atoms with Gasteiger partial charge in [-0.05, 0) is 89.2 Å². The molecule has 0 spiro atoms. The van der Waals surface area contributed by atoms with Gasteiger partial charge in [-0.2, -0.15) is 5.10 Å². The van der Waals surface area contributed by atoms with Gasteiger partial charge in [-0.1, -0.05) is 58.4 Å². The first-order chi connectivity index (χ1) is 20.5. The molecule has 1 heterocycles. The molecule has 0 aliphatic rings. The maximum Gasteiger partial charge on any atom is 0.271 e. The topological polar surface area (TPSA) is 84.8 Å².